The zero-order chi connectivity index (χ0) is 18.8. The summed E-state index contributed by atoms with van der Waals surface area (Å²) in [5.74, 6) is 2.11. The largest absolute Gasteiger partial charge is 0.497 e. The van der Waals surface area contributed by atoms with Crippen LogP contribution < -0.4 is 16.0 Å². The fraction of sp³-hybridized carbons (Fsp3) is 0.429. The summed E-state index contributed by atoms with van der Waals surface area (Å²) in [5, 5.41) is 5.10. The quantitative estimate of drug-likeness (QED) is 0.689. The zero-order valence-corrected chi connectivity index (χ0v) is 16.5. The van der Waals surface area contributed by atoms with Crippen LogP contribution in [0.15, 0.2) is 45.5 Å². The number of nitrogens with one attached hydrogen (secondary N) is 2. The monoisotopic (exact) mass is 385 g/mol. The van der Waals surface area contributed by atoms with Crippen molar-refractivity contribution in [2.24, 2.45) is 17.6 Å². The molecule has 3 unspecified atom stereocenters. The second-order valence-corrected chi connectivity index (χ2v) is 9.19. The first kappa shape index (κ1) is 18.3. The van der Waals surface area contributed by atoms with Crippen LogP contribution in [0.5, 0.6) is 5.75 Å². The Kier molecular flexibility index (Phi) is 5.36. The highest BCUT2D eigenvalue weighted by Gasteiger charge is 2.22. The molecule has 4 N–H and O–H groups in total. The van der Waals surface area contributed by atoms with Gasteiger partial charge in [-0.15, -0.1) is 0 Å². The molecule has 1 aliphatic carbocycles. The molecule has 4 rings (SSSR count). The van der Waals surface area contributed by atoms with E-state index in [2.05, 4.69) is 26.9 Å². The van der Waals surface area contributed by atoms with Crippen molar-refractivity contribution in [1.82, 2.24) is 9.97 Å². The van der Waals surface area contributed by atoms with Crippen molar-refractivity contribution >= 4 is 21.4 Å². The van der Waals surface area contributed by atoms with Crippen molar-refractivity contribution < 1.29 is 4.74 Å². The molecule has 1 aliphatic heterocycles. The van der Waals surface area contributed by atoms with Gasteiger partial charge in [0.15, 0.2) is 0 Å². The third kappa shape index (κ3) is 3.96. The third-order valence-corrected chi connectivity index (χ3v) is 7.30. The van der Waals surface area contributed by atoms with E-state index in [9.17, 15) is 4.79 Å². The number of nitrogens with two attached hydrogens (primary N) is 1. The van der Waals surface area contributed by atoms with Crippen LogP contribution in [0.25, 0.3) is 10.9 Å². The van der Waals surface area contributed by atoms with Crippen molar-refractivity contribution in [1.29, 1.82) is 0 Å². The molecule has 0 amide bonds. The Morgan fingerprint density at radius 3 is 2.93 bits per heavy atom. The van der Waals surface area contributed by atoms with Crippen molar-refractivity contribution in [2.75, 3.05) is 13.7 Å². The summed E-state index contributed by atoms with van der Waals surface area (Å²) in [6, 6.07) is 5.53. The minimum absolute atomic E-state index is 0.0848. The average molecular weight is 386 g/mol. The fourth-order valence-electron chi connectivity index (χ4n) is 4.17. The van der Waals surface area contributed by atoms with Gasteiger partial charge in [-0.3, -0.25) is 4.79 Å². The molecule has 27 heavy (non-hydrogen) atoms. The van der Waals surface area contributed by atoms with Gasteiger partial charge in [0, 0.05) is 0 Å². The SMILES string of the molecule is COc1ccc2[nH]c(=S3C=CC(CC4CCCC(CN)C4)=C3)[nH]c(=O)c2c1. The van der Waals surface area contributed by atoms with E-state index < -0.39 is 0 Å². The number of aromatic amines is 2. The van der Waals surface area contributed by atoms with Crippen molar-refractivity contribution in [2.45, 2.75) is 32.1 Å². The molecular formula is C21H27N3O2S. The van der Waals surface area contributed by atoms with E-state index in [1.807, 2.05) is 12.1 Å². The maximum atomic E-state index is 12.5. The van der Waals surface area contributed by atoms with Gasteiger partial charge in [-0.1, -0.05) is 29.4 Å². The Balaban J connectivity index is 1.62. The number of aromatic nitrogens is 2. The molecule has 6 heteroatoms. The number of hydrogen-bond acceptors (Lipinski definition) is 3. The van der Waals surface area contributed by atoms with E-state index in [-0.39, 0.29) is 16.0 Å². The predicted octanol–water partition coefficient (Wildman–Crippen LogP) is 4.23. The topological polar surface area (TPSA) is 83.9 Å². The van der Waals surface area contributed by atoms with E-state index in [4.69, 9.17) is 10.5 Å². The molecule has 0 saturated heterocycles. The lowest BCUT2D eigenvalue weighted by molar-refractivity contribution is 0.271. The summed E-state index contributed by atoms with van der Waals surface area (Å²) >= 11 is 0. The molecule has 0 radical (unpaired) electrons. The molecule has 2 aromatic rings. The number of ether oxygens (including phenoxy) is 1. The predicted molar refractivity (Wildman–Crippen MR) is 113 cm³/mol. The Morgan fingerprint density at radius 2 is 2.11 bits per heavy atom. The molecule has 1 aromatic heterocycles. The number of allylic oxidation sites excluding steroid dienone is 2. The molecule has 0 bridgehead atoms. The van der Waals surface area contributed by atoms with Gasteiger partial charge in [0.2, 0.25) is 0 Å². The number of methoxy groups -OCH3 is 1. The Bertz CT molecular complexity index is 1030. The number of H-pyrrole nitrogens is 2. The lowest BCUT2D eigenvalue weighted by Crippen LogP contribution is -2.22. The minimum Gasteiger partial charge on any atom is -0.497 e. The van der Waals surface area contributed by atoms with E-state index in [1.165, 1.54) is 31.3 Å². The minimum atomic E-state index is -0.219. The maximum absolute atomic E-state index is 12.5. The molecule has 1 aromatic carbocycles. The van der Waals surface area contributed by atoms with Gasteiger partial charge < -0.3 is 20.4 Å². The first-order valence-corrected chi connectivity index (χ1v) is 11.0. The third-order valence-electron chi connectivity index (χ3n) is 5.64. The van der Waals surface area contributed by atoms with Crippen LogP contribution in [-0.2, 0) is 0 Å². The van der Waals surface area contributed by atoms with Crippen LogP contribution in [0.1, 0.15) is 32.1 Å². The lowest BCUT2D eigenvalue weighted by Gasteiger charge is -2.28. The summed E-state index contributed by atoms with van der Waals surface area (Å²) in [6.45, 7) is 0.813. The molecule has 144 valence electrons. The molecule has 1 saturated carbocycles. The standard InChI is InChI=1S/C21H27N3O2S/c1-26-17-5-6-19-18(11-17)20(25)24-21(23-19)27-8-7-16(13-27)10-14-3-2-4-15(9-14)12-22/h5-8,11,13-15,23H,2-4,9-10,12,22H2,1H3,(H,24,25). The fourth-order valence-corrected chi connectivity index (χ4v) is 5.76. The number of hydrogen-bond donors (Lipinski definition) is 3. The molecule has 1 fully saturated rings. The van der Waals surface area contributed by atoms with Gasteiger partial charge in [0.05, 0.1) is 18.0 Å². The van der Waals surface area contributed by atoms with Gasteiger partial charge in [-0.25, -0.2) is 0 Å². The van der Waals surface area contributed by atoms with Gasteiger partial charge in [-0.2, -0.15) is 0 Å². The highest BCUT2D eigenvalue weighted by atomic mass is 32.2. The van der Waals surface area contributed by atoms with Gasteiger partial charge in [0.1, 0.15) is 10.5 Å². The molecular weight excluding hydrogens is 358 g/mol. The van der Waals surface area contributed by atoms with E-state index in [1.54, 1.807) is 13.2 Å². The summed E-state index contributed by atoms with van der Waals surface area (Å²) in [4.78, 5) is 18.9. The van der Waals surface area contributed by atoms with Gasteiger partial charge in [-0.05, 0) is 72.2 Å². The molecule has 2 heterocycles. The van der Waals surface area contributed by atoms with Crippen LogP contribution >= 0.6 is 10.5 Å². The zero-order valence-electron chi connectivity index (χ0n) is 15.7. The van der Waals surface area contributed by atoms with Crippen molar-refractivity contribution in [3.8, 4) is 5.75 Å². The maximum Gasteiger partial charge on any atom is 0.259 e. The van der Waals surface area contributed by atoms with Crippen LogP contribution in [0.2, 0.25) is 0 Å². The average Bonchev–Trinajstić information content (AvgIpc) is 3.16. The first-order valence-electron chi connectivity index (χ1n) is 9.60. The molecule has 2 aliphatic rings. The number of fused-ring (bicyclic) bond motifs is 1. The Morgan fingerprint density at radius 1 is 1.26 bits per heavy atom. The summed E-state index contributed by atoms with van der Waals surface area (Å²) in [7, 11) is 1.38. The van der Waals surface area contributed by atoms with Crippen molar-refractivity contribution in [3.63, 3.8) is 0 Å². The Labute approximate surface area is 161 Å². The summed E-state index contributed by atoms with van der Waals surface area (Å²) < 4.78 is 6.07. The van der Waals surface area contributed by atoms with Crippen LogP contribution in [0.4, 0.5) is 0 Å². The highest BCUT2D eigenvalue weighted by molar-refractivity contribution is 8.14. The normalized spacial score (nSPS) is 25.6. The number of benzene rings is 1. The van der Waals surface area contributed by atoms with E-state index in [0.717, 1.165) is 29.2 Å². The highest BCUT2D eigenvalue weighted by Crippen LogP contribution is 2.37. The lowest BCUT2D eigenvalue weighted by atomic mass is 9.79. The Hall–Kier alpha value is -2.05. The van der Waals surface area contributed by atoms with Gasteiger partial charge >= 0.3 is 0 Å². The van der Waals surface area contributed by atoms with Crippen LogP contribution in [0.3, 0.4) is 0 Å². The van der Waals surface area contributed by atoms with Crippen LogP contribution in [0, 0.1) is 16.6 Å². The van der Waals surface area contributed by atoms with E-state index in [0.29, 0.717) is 17.1 Å². The number of rotatable bonds is 4. The summed E-state index contributed by atoms with van der Waals surface area (Å²) in [6.07, 6.45) is 8.46. The van der Waals surface area contributed by atoms with Crippen molar-refractivity contribution in [3.05, 3.63) is 55.8 Å². The second-order valence-electron chi connectivity index (χ2n) is 7.53. The first-order chi connectivity index (χ1) is 13.2. The summed E-state index contributed by atoms with van der Waals surface area (Å²) in [5.41, 5.74) is 8.00. The smallest absolute Gasteiger partial charge is 0.259 e. The van der Waals surface area contributed by atoms with E-state index >= 15 is 0 Å². The van der Waals surface area contributed by atoms with Gasteiger partial charge in [0.25, 0.3) is 5.56 Å². The molecule has 5 nitrogen and oxygen atoms in total. The second kappa shape index (κ2) is 7.90. The molecule has 3 atom stereocenters. The molecule has 0 spiro atoms. The van der Waals surface area contributed by atoms with Crippen LogP contribution in [-0.4, -0.2) is 23.6 Å².